The second kappa shape index (κ2) is 10.0. The van der Waals surface area contributed by atoms with Crippen molar-refractivity contribution in [1.29, 1.82) is 0 Å². The van der Waals surface area contributed by atoms with Crippen LogP contribution in [0.15, 0.2) is 42.5 Å². The maximum Gasteiger partial charge on any atom is 0.137 e. The molecule has 2 nitrogen and oxygen atoms in total. The van der Waals surface area contributed by atoms with Gasteiger partial charge in [0.15, 0.2) is 0 Å². The molecule has 130 valence electrons. The highest BCUT2D eigenvalue weighted by molar-refractivity contribution is 6.32. The number of hydrogen-bond acceptors (Lipinski definition) is 2. The average molecular weight is 338 g/mol. The normalized spacial score (nSPS) is 10.6. The van der Waals surface area contributed by atoms with E-state index in [1.165, 1.54) is 12.1 Å². The molecule has 0 unspecified atom stereocenters. The Bertz CT molecular complexity index is 700. The number of unbranched alkanes of at least 4 members (excludes halogenated alkanes) is 2. The molecular formula is C21H24BFO2. The molecule has 0 saturated carbocycles. The van der Waals surface area contributed by atoms with Gasteiger partial charge in [0.05, 0.1) is 6.61 Å². The summed E-state index contributed by atoms with van der Waals surface area (Å²) < 4.78 is 18.9. The number of Topliss-reactive ketones (excluding diaryl/α,β-unsaturated/α-hetero) is 1. The van der Waals surface area contributed by atoms with Crippen LogP contribution in [0, 0.1) is 5.82 Å². The van der Waals surface area contributed by atoms with Crippen LogP contribution in [0.5, 0.6) is 5.75 Å². The summed E-state index contributed by atoms with van der Waals surface area (Å²) in [7, 11) is 5.44. The monoisotopic (exact) mass is 338 g/mol. The minimum Gasteiger partial charge on any atom is -0.493 e. The number of carbonyl (C=O) groups is 1. The number of ketones is 1. The third-order valence-electron chi connectivity index (χ3n) is 4.08. The van der Waals surface area contributed by atoms with E-state index in [9.17, 15) is 9.18 Å². The quantitative estimate of drug-likeness (QED) is 0.485. The molecule has 0 spiro atoms. The lowest BCUT2D eigenvalue weighted by atomic mass is 9.96. The van der Waals surface area contributed by atoms with Crippen molar-refractivity contribution in [2.24, 2.45) is 0 Å². The van der Waals surface area contributed by atoms with Crippen LogP contribution in [-0.4, -0.2) is 20.2 Å². The first kappa shape index (κ1) is 19.2. The Kier molecular flexibility index (Phi) is 7.71. The number of ether oxygens (including phenoxy) is 1. The van der Waals surface area contributed by atoms with E-state index in [1.807, 2.05) is 24.3 Å². The zero-order valence-corrected chi connectivity index (χ0v) is 14.8. The number of benzene rings is 2. The molecular weight excluding hydrogens is 314 g/mol. The largest absolute Gasteiger partial charge is 0.493 e. The van der Waals surface area contributed by atoms with Gasteiger partial charge in [-0.3, -0.25) is 4.79 Å². The summed E-state index contributed by atoms with van der Waals surface area (Å²) >= 11 is 0. The molecule has 0 bridgehead atoms. The van der Waals surface area contributed by atoms with E-state index in [1.54, 1.807) is 6.07 Å². The van der Waals surface area contributed by atoms with Crippen molar-refractivity contribution in [2.45, 2.75) is 45.4 Å². The molecule has 2 aromatic rings. The highest BCUT2D eigenvalue weighted by Crippen LogP contribution is 2.13. The molecule has 4 heteroatoms. The van der Waals surface area contributed by atoms with Crippen LogP contribution >= 0.6 is 0 Å². The van der Waals surface area contributed by atoms with E-state index in [0.717, 1.165) is 30.4 Å². The number of halogens is 1. The van der Waals surface area contributed by atoms with Gasteiger partial charge in [-0.2, -0.15) is 0 Å². The van der Waals surface area contributed by atoms with Gasteiger partial charge in [0.1, 0.15) is 25.2 Å². The lowest BCUT2D eigenvalue weighted by Crippen LogP contribution is -2.09. The van der Waals surface area contributed by atoms with Gasteiger partial charge in [0.25, 0.3) is 0 Å². The molecule has 25 heavy (non-hydrogen) atoms. The van der Waals surface area contributed by atoms with Gasteiger partial charge < -0.3 is 4.74 Å². The molecule has 2 rings (SSSR count). The Balaban J connectivity index is 1.82. The first-order valence-electron chi connectivity index (χ1n) is 8.86. The Morgan fingerprint density at radius 2 is 1.92 bits per heavy atom. The summed E-state index contributed by atoms with van der Waals surface area (Å²) in [5.41, 5.74) is 2.26. The average Bonchev–Trinajstić information content (AvgIpc) is 2.59. The highest BCUT2D eigenvalue weighted by atomic mass is 19.1. The highest BCUT2D eigenvalue weighted by Gasteiger charge is 2.05. The minimum atomic E-state index is -0.471. The van der Waals surface area contributed by atoms with Crippen LogP contribution in [0.3, 0.4) is 0 Å². The van der Waals surface area contributed by atoms with Crippen molar-refractivity contribution in [2.75, 3.05) is 6.61 Å². The fourth-order valence-corrected chi connectivity index (χ4v) is 2.67. The molecule has 0 atom stereocenters. The summed E-state index contributed by atoms with van der Waals surface area (Å²) in [6.45, 7) is 2.58. The lowest BCUT2D eigenvalue weighted by molar-refractivity contribution is -0.118. The first-order chi connectivity index (χ1) is 12.1. The second-order valence-electron chi connectivity index (χ2n) is 6.27. The molecule has 0 N–H and O–H groups in total. The molecule has 0 aliphatic carbocycles. The first-order valence-corrected chi connectivity index (χ1v) is 8.86. The molecule has 0 heterocycles. The number of carbonyl (C=O) groups excluding carboxylic acids is 1. The Hall–Kier alpha value is -2.10. The van der Waals surface area contributed by atoms with E-state index < -0.39 is 5.82 Å². The molecule has 0 aliphatic rings. The smallest absolute Gasteiger partial charge is 0.137 e. The van der Waals surface area contributed by atoms with Gasteiger partial charge in [-0.25, -0.2) is 4.39 Å². The molecule has 0 aliphatic heterocycles. The van der Waals surface area contributed by atoms with Crippen LogP contribution < -0.4 is 10.2 Å². The van der Waals surface area contributed by atoms with Crippen LogP contribution in [0.1, 0.15) is 43.7 Å². The van der Waals surface area contributed by atoms with Gasteiger partial charge in [0, 0.05) is 25.3 Å². The molecule has 2 radical (unpaired) electrons. The third-order valence-corrected chi connectivity index (χ3v) is 4.08. The van der Waals surface area contributed by atoms with Crippen LogP contribution in [0.25, 0.3) is 0 Å². The zero-order valence-electron chi connectivity index (χ0n) is 14.8. The van der Waals surface area contributed by atoms with Crippen molar-refractivity contribution in [3.8, 4) is 5.75 Å². The van der Waals surface area contributed by atoms with Crippen LogP contribution in [-0.2, 0) is 17.6 Å². The summed E-state index contributed by atoms with van der Waals surface area (Å²) in [4.78, 5) is 12.0. The van der Waals surface area contributed by atoms with Crippen molar-refractivity contribution in [1.82, 2.24) is 0 Å². The minimum absolute atomic E-state index is 0.114. The van der Waals surface area contributed by atoms with Gasteiger partial charge in [-0.1, -0.05) is 55.6 Å². The summed E-state index contributed by atoms with van der Waals surface area (Å²) in [6.07, 6.45) is 5.05. The third kappa shape index (κ3) is 6.73. The Morgan fingerprint density at radius 3 is 2.68 bits per heavy atom. The Morgan fingerprint density at radius 1 is 1.12 bits per heavy atom. The number of rotatable bonds is 10. The standard InChI is InChI=1S/C21H24BFO2/c1-2-3-4-8-18(24)14-17-7-5-6-16(13-17)11-12-25-19-9-10-20(22)21(23)15-19/h5-7,9-10,13,15H,2-4,8,11-12,14H2,1H3. The maximum atomic E-state index is 13.4. The number of hydrogen-bond donors (Lipinski definition) is 0. The van der Waals surface area contributed by atoms with Crippen molar-refractivity contribution in [3.05, 3.63) is 59.4 Å². The Labute approximate surface area is 150 Å². The maximum absolute atomic E-state index is 13.4. The van der Waals surface area contributed by atoms with Crippen LogP contribution in [0.2, 0.25) is 0 Å². The molecule has 0 fully saturated rings. The summed E-state index contributed by atoms with van der Waals surface area (Å²) in [6, 6.07) is 12.5. The fourth-order valence-electron chi connectivity index (χ4n) is 2.67. The molecule has 0 saturated heterocycles. The van der Waals surface area contributed by atoms with Gasteiger partial charge in [-0.05, 0) is 23.6 Å². The molecule has 0 aromatic heterocycles. The predicted octanol–water partition coefficient (Wildman–Crippen LogP) is 3.93. The van der Waals surface area contributed by atoms with E-state index >= 15 is 0 Å². The molecule has 0 amide bonds. The van der Waals surface area contributed by atoms with Crippen molar-refractivity contribution < 1.29 is 13.9 Å². The van der Waals surface area contributed by atoms with E-state index in [4.69, 9.17) is 12.6 Å². The topological polar surface area (TPSA) is 26.3 Å². The SMILES string of the molecule is [B]c1ccc(OCCc2cccc(CC(=O)CCCCC)c2)cc1F. The predicted molar refractivity (Wildman–Crippen MR) is 100 cm³/mol. The van der Waals surface area contributed by atoms with E-state index in [2.05, 4.69) is 6.92 Å². The van der Waals surface area contributed by atoms with Crippen LogP contribution in [0.4, 0.5) is 4.39 Å². The summed E-state index contributed by atoms with van der Waals surface area (Å²) in [5, 5.41) is 0. The van der Waals surface area contributed by atoms with Crippen molar-refractivity contribution in [3.63, 3.8) is 0 Å². The second-order valence-corrected chi connectivity index (χ2v) is 6.27. The van der Waals surface area contributed by atoms with E-state index in [0.29, 0.717) is 37.4 Å². The summed E-state index contributed by atoms with van der Waals surface area (Å²) in [5.74, 6) is 0.286. The zero-order chi connectivity index (χ0) is 18.1. The fraction of sp³-hybridized carbons (Fsp3) is 0.381. The molecule has 2 aromatic carbocycles. The van der Waals surface area contributed by atoms with E-state index in [-0.39, 0.29) is 5.46 Å². The van der Waals surface area contributed by atoms with Gasteiger partial charge >= 0.3 is 0 Å². The van der Waals surface area contributed by atoms with Crippen molar-refractivity contribution >= 4 is 19.1 Å². The lowest BCUT2D eigenvalue weighted by Gasteiger charge is -2.08. The van der Waals surface area contributed by atoms with Gasteiger partial charge in [0.2, 0.25) is 0 Å². The van der Waals surface area contributed by atoms with Gasteiger partial charge in [-0.15, -0.1) is 0 Å².